The van der Waals surface area contributed by atoms with Crippen LogP contribution in [0.25, 0.3) is 0 Å². The molecular formula is C31H44O8. The van der Waals surface area contributed by atoms with Gasteiger partial charge in [-0.3, -0.25) is 24.0 Å². The van der Waals surface area contributed by atoms with Gasteiger partial charge >= 0.3 is 17.9 Å². The number of carbonyl (C=O) groups is 5. The Morgan fingerprint density at radius 1 is 0.949 bits per heavy atom. The van der Waals surface area contributed by atoms with Crippen LogP contribution in [-0.2, 0) is 38.2 Å². The zero-order valence-corrected chi connectivity index (χ0v) is 24.1. The first-order valence-electron chi connectivity index (χ1n) is 14.8. The van der Waals surface area contributed by atoms with Crippen LogP contribution < -0.4 is 0 Å². The quantitative estimate of drug-likeness (QED) is 0.293. The molecule has 0 unspecified atom stereocenters. The van der Waals surface area contributed by atoms with Crippen LogP contribution in [0, 0.1) is 28.6 Å². The average molecular weight is 545 g/mol. The summed E-state index contributed by atoms with van der Waals surface area (Å²) in [6.45, 7) is 9.07. The van der Waals surface area contributed by atoms with Crippen molar-refractivity contribution in [2.24, 2.45) is 28.6 Å². The number of esters is 3. The predicted molar refractivity (Wildman–Crippen MR) is 142 cm³/mol. The van der Waals surface area contributed by atoms with Gasteiger partial charge in [0.05, 0.1) is 0 Å². The van der Waals surface area contributed by atoms with Crippen LogP contribution in [0.15, 0.2) is 11.6 Å². The molecule has 4 aliphatic rings. The lowest BCUT2D eigenvalue weighted by molar-refractivity contribution is -0.209. The van der Waals surface area contributed by atoms with Crippen LogP contribution in [0.1, 0.15) is 105 Å². The Labute approximate surface area is 231 Å². The van der Waals surface area contributed by atoms with Crippen molar-refractivity contribution in [2.45, 2.75) is 117 Å². The molecule has 0 amide bonds. The molecule has 0 radical (unpaired) electrons. The second kappa shape index (κ2) is 11.2. The fourth-order valence-electron chi connectivity index (χ4n) is 8.49. The van der Waals surface area contributed by atoms with Gasteiger partial charge in [0, 0.05) is 37.0 Å². The molecule has 8 heteroatoms. The molecule has 0 bridgehead atoms. The molecule has 3 saturated carbocycles. The van der Waals surface area contributed by atoms with Gasteiger partial charge in [0.2, 0.25) is 5.78 Å². The molecule has 8 nitrogen and oxygen atoms in total. The summed E-state index contributed by atoms with van der Waals surface area (Å²) in [5, 5.41) is 0. The maximum atomic E-state index is 14.0. The molecule has 0 aromatic heterocycles. The largest absolute Gasteiger partial charge is 0.462 e. The Balaban J connectivity index is 1.76. The number of hydrogen-bond donors (Lipinski definition) is 0. The van der Waals surface area contributed by atoms with E-state index in [-0.39, 0.29) is 54.2 Å². The summed E-state index contributed by atoms with van der Waals surface area (Å²) in [6, 6.07) is 0. The van der Waals surface area contributed by atoms with E-state index in [4.69, 9.17) is 14.2 Å². The van der Waals surface area contributed by atoms with Crippen molar-refractivity contribution in [1.29, 1.82) is 0 Å². The van der Waals surface area contributed by atoms with E-state index < -0.39 is 41.4 Å². The number of allylic oxidation sites excluding steroid dienone is 1. The highest BCUT2D eigenvalue weighted by atomic mass is 16.6. The number of hydrogen-bond acceptors (Lipinski definition) is 8. The summed E-state index contributed by atoms with van der Waals surface area (Å²) in [6.07, 6.45) is 6.68. The third kappa shape index (κ3) is 4.97. The molecule has 39 heavy (non-hydrogen) atoms. The molecule has 7 atom stereocenters. The molecule has 0 aromatic carbocycles. The van der Waals surface area contributed by atoms with E-state index in [1.807, 2.05) is 19.9 Å². The van der Waals surface area contributed by atoms with E-state index in [9.17, 15) is 24.0 Å². The maximum Gasteiger partial charge on any atom is 0.306 e. The molecule has 216 valence electrons. The van der Waals surface area contributed by atoms with E-state index in [1.165, 1.54) is 0 Å². The minimum absolute atomic E-state index is 0.00864. The summed E-state index contributed by atoms with van der Waals surface area (Å²) in [5.41, 5.74) is -1.39. The third-order valence-corrected chi connectivity index (χ3v) is 10.4. The van der Waals surface area contributed by atoms with Crippen LogP contribution in [0.2, 0.25) is 0 Å². The Hall–Kier alpha value is -2.51. The van der Waals surface area contributed by atoms with Gasteiger partial charge in [0.1, 0.15) is 6.10 Å². The molecular weight excluding hydrogens is 500 g/mol. The van der Waals surface area contributed by atoms with E-state index in [2.05, 4.69) is 6.92 Å². The fourth-order valence-corrected chi connectivity index (χ4v) is 8.49. The highest BCUT2D eigenvalue weighted by Gasteiger charge is 2.71. The average Bonchev–Trinajstić information content (AvgIpc) is 3.19. The lowest BCUT2D eigenvalue weighted by Gasteiger charge is -2.61. The molecule has 0 spiro atoms. The second-order valence-corrected chi connectivity index (χ2v) is 12.4. The monoisotopic (exact) mass is 544 g/mol. The van der Waals surface area contributed by atoms with E-state index in [0.29, 0.717) is 38.5 Å². The van der Waals surface area contributed by atoms with Gasteiger partial charge in [-0.1, -0.05) is 40.2 Å². The first kappa shape index (κ1) is 29.5. The fraction of sp³-hybridized carbons (Fsp3) is 0.774. The molecule has 0 aromatic rings. The first-order chi connectivity index (χ1) is 18.5. The second-order valence-electron chi connectivity index (χ2n) is 12.4. The Bertz CT molecular complexity index is 1060. The summed E-state index contributed by atoms with van der Waals surface area (Å²) < 4.78 is 17.6. The SMILES string of the molecule is CCCC(=O)OCC(=O)[C@@]1(OC(=O)CC)CC[C@H]2[C@@H]3CCC4=CC(=O)CC[C@]4(C)[C@H]3[C@@H](OC(=O)CC)C[C@@]21C. The summed E-state index contributed by atoms with van der Waals surface area (Å²) in [7, 11) is 0. The summed E-state index contributed by atoms with van der Waals surface area (Å²) >= 11 is 0. The van der Waals surface area contributed by atoms with Crippen LogP contribution in [0.5, 0.6) is 0 Å². The van der Waals surface area contributed by atoms with E-state index >= 15 is 0 Å². The first-order valence-corrected chi connectivity index (χ1v) is 14.8. The lowest BCUT2D eigenvalue weighted by Crippen LogP contribution is -2.63. The van der Waals surface area contributed by atoms with Crippen LogP contribution in [-0.4, -0.2) is 47.8 Å². The topological polar surface area (TPSA) is 113 Å². The van der Waals surface area contributed by atoms with Crippen molar-refractivity contribution >= 4 is 29.5 Å². The number of ketones is 2. The van der Waals surface area contributed by atoms with Crippen molar-refractivity contribution in [3.63, 3.8) is 0 Å². The van der Waals surface area contributed by atoms with Crippen molar-refractivity contribution in [1.82, 2.24) is 0 Å². The molecule has 0 heterocycles. The van der Waals surface area contributed by atoms with Crippen molar-refractivity contribution in [3.05, 3.63) is 11.6 Å². The zero-order valence-electron chi connectivity index (χ0n) is 24.1. The highest BCUT2D eigenvalue weighted by molar-refractivity contribution is 5.93. The Kier molecular flexibility index (Phi) is 8.44. The maximum absolute atomic E-state index is 14.0. The minimum Gasteiger partial charge on any atom is -0.462 e. The third-order valence-electron chi connectivity index (χ3n) is 10.4. The normalized spacial score (nSPS) is 37.1. The van der Waals surface area contributed by atoms with Gasteiger partial charge in [-0.15, -0.1) is 0 Å². The predicted octanol–water partition coefficient (Wildman–Crippen LogP) is 5.05. The smallest absolute Gasteiger partial charge is 0.306 e. The minimum atomic E-state index is -1.46. The molecule has 4 aliphatic carbocycles. The van der Waals surface area contributed by atoms with Crippen LogP contribution in [0.4, 0.5) is 0 Å². The number of carbonyl (C=O) groups excluding carboxylic acids is 5. The highest BCUT2D eigenvalue weighted by Crippen LogP contribution is 2.69. The number of Topliss-reactive ketones (excluding diaryl/α,β-unsaturated/α-hetero) is 1. The van der Waals surface area contributed by atoms with E-state index in [1.54, 1.807) is 13.8 Å². The van der Waals surface area contributed by atoms with E-state index in [0.717, 1.165) is 18.4 Å². The van der Waals surface area contributed by atoms with Gasteiger partial charge in [0.25, 0.3) is 0 Å². The van der Waals surface area contributed by atoms with Gasteiger partial charge in [-0.25, -0.2) is 0 Å². The van der Waals surface area contributed by atoms with Gasteiger partial charge in [0.15, 0.2) is 18.0 Å². The van der Waals surface area contributed by atoms with Crippen LogP contribution in [0.3, 0.4) is 0 Å². The van der Waals surface area contributed by atoms with Crippen molar-refractivity contribution in [3.8, 4) is 0 Å². The number of fused-ring (bicyclic) bond motifs is 5. The molecule has 0 aliphatic heterocycles. The van der Waals surface area contributed by atoms with Gasteiger partial charge in [-0.05, 0) is 68.3 Å². The van der Waals surface area contributed by atoms with Crippen molar-refractivity contribution < 1.29 is 38.2 Å². The Morgan fingerprint density at radius 3 is 2.33 bits per heavy atom. The molecule has 0 N–H and O–H groups in total. The van der Waals surface area contributed by atoms with Gasteiger partial charge < -0.3 is 14.2 Å². The van der Waals surface area contributed by atoms with Gasteiger partial charge in [-0.2, -0.15) is 0 Å². The molecule has 4 rings (SSSR count). The standard InChI is InChI=1S/C31H44O8/c1-6-9-27(36)37-18-24(33)31(39-26(35)8-3)15-13-22-21-11-10-19-16-20(32)12-14-29(19,4)28(21)23(17-30(22,31)5)38-25(34)7-2/h16,21-23,28H,6-15,17-18H2,1-5H3/t21-,22-,23-,28+,29-,30-,31-/m0/s1. The lowest BCUT2D eigenvalue weighted by atomic mass is 9.45. The van der Waals surface area contributed by atoms with Crippen molar-refractivity contribution in [2.75, 3.05) is 6.61 Å². The zero-order chi connectivity index (χ0) is 28.6. The molecule has 0 saturated heterocycles. The Morgan fingerprint density at radius 2 is 1.67 bits per heavy atom. The molecule has 3 fully saturated rings. The summed E-state index contributed by atoms with van der Waals surface area (Å²) in [4.78, 5) is 63.9. The number of rotatable bonds is 9. The van der Waals surface area contributed by atoms with Crippen LogP contribution >= 0.6 is 0 Å². The number of ether oxygens (including phenoxy) is 3. The summed E-state index contributed by atoms with van der Waals surface area (Å²) in [5.74, 6) is -1.28.